The summed E-state index contributed by atoms with van der Waals surface area (Å²) in [5.41, 5.74) is 5.54. The fourth-order valence-corrected chi connectivity index (χ4v) is 2.57. The van der Waals surface area contributed by atoms with Gasteiger partial charge in [0.15, 0.2) is 5.11 Å². The molecule has 128 valence electrons. The third kappa shape index (κ3) is 4.29. The van der Waals surface area contributed by atoms with Crippen LogP contribution in [0.1, 0.15) is 47.9 Å². The summed E-state index contributed by atoms with van der Waals surface area (Å²) in [4.78, 5) is 37.3. The lowest BCUT2D eigenvalue weighted by atomic mass is 10.1. The largest absolute Gasteiger partial charge is 0.357 e. The monoisotopic (exact) mass is 348 g/mol. The van der Waals surface area contributed by atoms with Crippen molar-refractivity contribution >= 4 is 35.1 Å². The van der Waals surface area contributed by atoms with Gasteiger partial charge in [0.2, 0.25) is 5.91 Å². The molecule has 1 aromatic rings. The van der Waals surface area contributed by atoms with Gasteiger partial charge in [0.25, 0.3) is 11.8 Å². The average Bonchev–Trinajstić information content (AvgIpc) is 2.74. The van der Waals surface area contributed by atoms with Gasteiger partial charge < -0.3 is 5.32 Å². The van der Waals surface area contributed by atoms with Crippen molar-refractivity contribution in [3.8, 4) is 0 Å². The molecular weight excluding hydrogens is 328 g/mol. The lowest BCUT2D eigenvalue weighted by molar-refractivity contribution is -0.121. The van der Waals surface area contributed by atoms with Gasteiger partial charge in [-0.1, -0.05) is 12.1 Å². The minimum Gasteiger partial charge on any atom is -0.357 e. The van der Waals surface area contributed by atoms with Crippen molar-refractivity contribution in [3.05, 3.63) is 35.4 Å². The van der Waals surface area contributed by atoms with Gasteiger partial charge in [0.1, 0.15) is 0 Å². The Hall–Kier alpha value is -2.48. The Morgan fingerprint density at radius 1 is 1.08 bits per heavy atom. The van der Waals surface area contributed by atoms with E-state index in [1.165, 1.54) is 0 Å². The van der Waals surface area contributed by atoms with E-state index < -0.39 is 0 Å². The number of nitrogens with one attached hydrogen (secondary N) is 3. The molecule has 0 unspecified atom stereocenters. The van der Waals surface area contributed by atoms with E-state index in [0.29, 0.717) is 11.1 Å². The van der Waals surface area contributed by atoms with Crippen LogP contribution in [-0.2, 0) is 4.79 Å². The Kier molecular flexibility index (Phi) is 5.18. The van der Waals surface area contributed by atoms with Crippen LogP contribution in [-0.4, -0.2) is 39.8 Å². The molecule has 1 aliphatic heterocycles. The second-order valence-corrected chi connectivity index (χ2v) is 6.84. The molecule has 7 nitrogen and oxygen atoms in total. The first kappa shape index (κ1) is 17.9. The van der Waals surface area contributed by atoms with Crippen molar-refractivity contribution in [2.24, 2.45) is 0 Å². The van der Waals surface area contributed by atoms with E-state index in [-0.39, 0.29) is 41.3 Å². The Bertz CT molecular complexity index is 662. The summed E-state index contributed by atoms with van der Waals surface area (Å²) in [5, 5.41) is 3.27. The Morgan fingerprint density at radius 2 is 1.62 bits per heavy atom. The van der Waals surface area contributed by atoms with Crippen molar-refractivity contribution < 1.29 is 14.4 Å². The van der Waals surface area contributed by atoms with Crippen LogP contribution in [0.5, 0.6) is 0 Å². The number of hydrogen-bond donors (Lipinski definition) is 3. The highest BCUT2D eigenvalue weighted by Gasteiger charge is 2.34. The molecule has 0 atom stereocenters. The molecule has 0 aliphatic carbocycles. The van der Waals surface area contributed by atoms with Crippen molar-refractivity contribution in [1.82, 2.24) is 21.1 Å². The molecule has 0 fully saturated rings. The van der Waals surface area contributed by atoms with Gasteiger partial charge in [-0.3, -0.25) is 30.1 Å². The topological polar surface area (TPSA) is 90.5 Å². The maximum atomic E-state index is 12.2. The van der Waals surface area contributed by atoms with E-state index >= 15 is 0 Å². The molecule has 0 saturated heterocycles. The van der Waals surface area contributed by atoms with Crippen LogP contribution in [0.25, 0.3) is 0 Å². The van der Waals surface area contributed by atoms with Gasteiger partial charge in [-0.05, 0) is 45.1 Å². The van der Waals surface area contributed by atoms with Crippen molar-refractivity contribution in [1.29, 1.82) is 0 Å². The molecule has 3 N–H and O–H groups in total. The highest BCUT2D eigenvalue weighted by molar-refractivity contribution is 7.80. The fraction of sp³-hybridized carbons (Fsp3) is 0.375. The average molecular weight is 348 g/mol. The van der Waals surface area contributed by atoms with Crippen LogP contribution >= 0.6 is 12.2 Å². The van der Waals surface area contributed by atoms with Crippen molar-refractivity contribution in [2.45, 2.75) is 32.7 Å². The first-order valence-electron chi connectivity index (χ1n) is 7.51. The molecule has 0 radical (unpaired) electrons. The van der Waals surface area contributed by atoms with E-state index in [2.05, 4.69) is 16.2 Å². The first-order chi connectivity index (χ1) is 11.2. The first-order valence-corrected chi connectivity index (χ1v) is 7.92. The van der Waals surface area contributed by atoms with Crippen molar-refractivity contribution in [2.75, 3.05) is 6.54 Å². The number of amides is 3. The molecule has 1 aromatic carbocycles. The van der Waals surface area contributed by atoms with Crippen LogP contribution in [0.4, 0.5) is 0 Å². The number of rotatable bonds is 3. The SMILES string of the molecule is CC(C)(C)NC(=S)NNC(=O)CCN1C(=O)c2ccccc2C1=O. The molecule has 8 heteroatoms. The van der Waals surface area contributed by atoms with Crippen LogP contribution < -0.4 is 16.2 Å². The minimum atomic E-state index is -0.374. The maximum Gasteiger partial charge on any atom is 0.261 e. The third-order valence-corrected chi connectivity index (χ3v) is 3.45. The normalized spacial score (nSPS) is 13.5. The summed E-state index contributed by atoms with van der Waals surface area (Å²) in [7, 11) is 0. The highest BCUT2D eigenvalue weighted by atomic mass is 32.1. The minimum absolute atomic E-state index is 0.0132. The number of imide groups is 1. The number of carbonyl (C=O) groups is 3. The Morgan fingerprint density at radius 3 is 2.12 bits per heavy atom. The summed E-state index contributed by atoms with van der Waals surface area (Å²) in [6, 6.07) is 6.61. The summed E-state index contributed by atoms with van der Waals surface area (Å²) in [5.74, 6) is -1.12. The highest BCUT2D eigenvalue weighted by Crippen LogP contribution is 2.22. The summed E-state index contributed by atoms with van der Waals surface area (Å²) < 4.78 is 0. The third-order valence-electron chi connectivity index (χ3n) is 3.24. The van der Waals surface area contributed by atoms with Gasteiger partial charge in [-0.25, -0.2) is 0 Å². The van der Waals surface area contributed by atoms with Gasteiger partial charge in [0.05, 0.1) is 11.1 Å². The standard InChI is InChI=1S/C16H20N4O3S/c1-16(2,3)17-15(24)19-18-12(21)8-9-20-13(22)10-6-4-5-7-11(10)14(20)23/h4-7H,8-9H2,1-3H3,(H,18,21)(H2,17,19,24). The lowest BCUT2D eigenvalue weighted by Gasteiger charge is -2.23. The maximum absolute atomic E-state index is 12.2. The van der Waals surface area contributed by atoms with Crippen LogP contribution in [0.2, 0.25) is 0 Å². The second-order valence-electron chi connectivity index (χ2n) is 6.43. The zero-order valence-electron chi connectivity index (χ0n) is 13.8. The number of fused-ring (bicyclic) bond motifs is 1. The van der Waals surface area contributed by atoms with Crippen LogP contribution in [0.15, 0.2) is 24.3 Å². The van der Waals surface area contributed by atoms with Gasteiger partial charge >= 0.3 is 0 Å². The van der Waals surface area contributed by atoms with Gasteiger partial charge in [0, 0.05) is 18.5 Å². The molecule has 0 bridgehead atoms. The van der Waals surface area contributed by atoms with Gasteiger partial charge in [-0.15, -0.1) is 0 Å². The fourth-order valence-electron chi connectivity index (χ4n) is 2.22. The van der Waals surface area contributed by atoms with E-state index in [9.17, 15) is 14.4 Å². The lowest BCUT2D eigenvalue weighted by Crippen LogP contribution is -2.52. The molecule has 0 aromatic heterocycles. The Balaban J connectivity index is 1.82. The quantitative estimate of drug-likeness (QED) is 0.428. The zero-order valence-corrected chi connectivity index (χ0v) is 14.6. The summed E-state index contributed by atoms with van der Waals surface area (Å²) in [6.07, 6.45) is -0.0173. The summed E-state index contributed by atoms with van der Waals surface area (Å²) in [6.45, 7) is 5.82. The number of benzene rings is 1. The van der Waals surface area contributed by atoms with E-state index in [0.717, 1.165) is 4.90 Å². The molecular formula is C16H20N4O3S. The molecule has 3 amide bonds. The number of carbonyl (C=O) groups excluding carboxylic acids is 3. The molecule has 0 saturated carbocycles. The second kappa shape index (κ2) is 6.96. The number of hydrazine groups is 1. The zero-order chi connectivity index (χ0) is 17.9. The molecule has 1 heterocycles. The number of nitrogens with zero attached hydrogens (tertiary/aromatic N) is 1. The van der Waals surface area contributed by atoms with Crippen molar-refractivity contribution in [3.63, 3.8) is 0 Å². The van der Waals surface area contributed by atoms with E-state index in [1.54, 1.807) is 24.3 Å². The predicted molar refractivity (Wildman–Crippen MR) is 93.2 cm³/mol. The Labute approximate surface area is 145 Å². The molecule has 1 aliphatic rings. The predicted octanol–water partition coefficient (Wildman–Crippen LogP) is 0.967. The molecule has 0 spiro atoms. The van der Waals surface area contributed by atoms with Gasteiger partial charge in [-0.2, -0.15) is 0 Å². The van der Waals surface area contributed by atoms with E-state index in [4.69, 9.17) is 12.2 Å². The smallest absolute Gasteiger partial charge is 0.261 e. The number of hydrogen-bond acceptors (Lipinski definition) is 4. The van der Waals surface area contributed by atoms with Crippen LogP contribution in [0.3, 0.4) is 0 Å². The summed E-state index contributed by atoms with van der Waals surface area (Å²) >= 11 is 5.04. The molecule has 2 rings (SSSR count). The van der Waals surface area contributed by atoms with E-state index in [1.807, 2.05) is 20.8 Å². The molecule has 24 heavy (non-hydrogen) atoms. The van der Waals surface area contributed by atoms with Crippen LogP contribution in [0, 0.1) is 0 Å². The number of thiocarbonyl (C=S) groups is 1.